The third kappa shape index (κ3) is 6.59. The average Bonchev–Trinajstić information content (AvgIpc) is 2.37. The van der Waals surface area contributed by atoms with Crippen LogP contribution in [-0.2, 0) is 0 Å². The van der Waals surface area contributed by atoms with E-state index in [0.717, 1.165) is 0 Å². The third-order valence-corrected chi connectivity index (χ3v) is 2.53. The lowest BCUT2D eigenvalue weighted by Gasteiger charge is -2.12. The number of nitrogens with two attached hydrogens (primary N) is 1. The zero-order valence-electron chi connectivity index (χ0n) is 11.8. The molecule has 3 N–H and O–H groups in total. The van der Waals surface area contributed by atoms with Gasteiger partial charge >= 0.3 is 6.61 Å². The Morgan fingerprint density at radius 3 is 2.57 bits per heavy atom. The van der Waals surface area contributed by atoms with Crippen LogP contribution in [0.5, 0.6) is 11.5 Å². The summed E-state index contributed by atoms with van der Waals surface area (Å²) in [5, 5.41) is 2.68. The summed E-state index contributed by atoms with van der Waals surface area (Å²) in [5.74, 6) is -0.368. The van der Waals surface area contributed by atoms with Gasteiger partial charge in [-0.05, 0) is 31.5 Å². The first kappa shape index (κ1) is 19.4. The third-order valence-electron chi connectivity index (χ3n) is 2.53. The van der Waals surface area contributed by atoms with Crippen LogP contribution in [0.25, 0.3) is 0 Å². The highest BCUT2D eigenvalue weighted by Crippen LogP contribution is 2.29. The normalized spacial score (nSPS) is 11.5. The molecule has 0 heterocycles. The first-order chi connectivity index (χ1) is 9.43. The number of amides is 1. The second kappa shape index (κ2) is 9.36. The number of benzene rings is 1. The summed E-state index contributed by atoms with van der Waals surface area (Å²) in [4.78, 5) is 11.8. The van der Waals surface area contributed by atoms with Gasteiger partial charge in [-0.2, -0.15) is 8.78 Å². The van der Waals surface area contributed by atoms with Gasteiger partial charge in [0.1, 0.15) is 0 Å². The van der Waals surface area contributed by atoms with Gasteiger partial charge in [0.05, 0.1) is 7.11 Å². The fraction of sp³-hybridized carbons (Fsp3) is 0.462. The molecule has 5 nitrogen and oxygen atoms in total. The summed E-state index contributed by atoms with van der Waals surface area (Å²) < 4.78 is 33.5. The molecule has 120 valence electrons. The molecule has 1 rings (SSSR count). The molecule has 1 atom stereocenters. The minimum atomic E-state index is -2.95. The molecule has 0 fully saturated rings. The Balaban J connectivity index is 0.00000400. The predicted molar refractivity (Wildman–Crippen MR) is 77.5 cm³/mol. The van der Waals surface area contributed by atoms with Gasteiger partial charge in [0.15, 0.2) is 11.5 Å². The summed E-state index contributed by atoms with van der Waals surface area (Å²) >= 11 is 0. The summed E-state index contributed by atoms with van der Waals surface area (Å²) in [6.07, 6.45) is 0.648. The maximum Gasteiger partial charge on any atom is 0.387 e. The molecule has 0 spiro atoms. The molecule has 0 bridgehead atoms. The van der Waals surface area contributed by atoms with Gasteiger partial charge in [0.2, 0.25) is 0 Å². The summed E-state index contributed by atoms with van der Waals surface area (Å²) in [5.41, 5.74) is 5.87. The maximum absolute atomic E-state index is 12.2. The van der Waals surface area contributed by atoms with E-state index in [1.165, 1.54) is 25.3 Å². The summed E-state index contributed by atoms with van der Waals surface area (Å²) in [7, 11) is 1.31. The van der Waals surface area contributed by atoms with Crippen LogP contribution in [0, 0.1) is 0 Å². The zero-order valence-corrected chi connectivity index (χ0v) is 12.6. The van der Waals surface area contributed by atoms with E-state index in [0.29, 0.717) is 18.5 Å². The molecule has 0 saturated carbocycles. The molecular weight excluding hydrogens is 306 g/mol. The molecule has 1 aromatic rings. The van der Waals surface area contributed by atoms with Gasteiger partial charge < -0.3 is 20.5 Å². The predicted octanol–water partition coefficient (Wildman–Crippen LogP) is 2.19. The molecule has 0 aliphatic heterocycles. The van der Waals surface area contributed by atoms with Gasteiger partial charge in [0, 0.05) is 18.2 Å². The minimum absolute atomic E-state index is 0. The fourth-order valence-corrected chi connectivity index (χ4v) is 1.52. The van der Waals surface area contributed by atoms with Crippen LogP contribution >= 0.6 is 12.4 Å². The molecule has 21 heavy (non-hydrogen) atoms. The van der Waals surface area contributed by atoms with E-state index in [1.807, 2.05) is 6.92 Å². The van der Waals surface area contributed by atoms with Gasteiger partial charge in [-0.1, -0.05) is 0 Å². The summed E-state index contributed by atoms with van der Waals surface area (Å²) in [6, 6.07) is 4.00. The summed E-state index contributed by atoms with van der Waals surface area (Å²) in [6.45, 7) is -0.672. The van der Waals surface area contributed by atoms with Crippen LogP contribution in [0.1, 0.15) is 23.7 Å². The van der Waals surface area contributed by atoms with E-state index in [9.17, 15) is 13.6 Å². The van der Waals surface area contributed by atoms with Crippen molar-refractivity contribution in [1.82, 2.24) is 5.32 Å². The first-order valence-corrected chi connectivity index (χ1v) is 6.10. The van der Waals surface area contributed by atoms with E-state index >= 15 is 0 Å². The number of hydrogen-bond acceptors (Lipinski definition) is 4. The number of nitrogens with one attached hydrogen (secondary N) is 1. The highest BCUT2D eigenvalue weighted by atomic mass is 35.5. The van der Waals surface area contributed by atoms with Crippen LogP contribution in [-0.4, -0.2) is 32.2 Å². The molecule has 0 saturated heterocycles. The lowest BCUT2D eigenvalue weighted by atomic mass is 10.2. The Labute approximate surface area is 128 Å². The van der Waals surface area contributed by atoms with Crippen molar-refractivity contribution in [2.24, 2.45) is 5.73 Å². The molecule has 1 amide bonds. The Kier molecular flexibility index (Phi) is 8.64. The Morgan fingerprint density at radius 2 is 2.05 bits per heavy atom. The van der Waals surface area contributed by atoms with E-state index in [2.05, 4.69) is 10.1 Å². The van der Waals surface area contributed by atoms with Crippen molar-refractivity contribution in [3.63, 3.8) is 0 Å². The van der Waals surface area contributed by atoms with Crippen LogP contribution in [0.15, 0.2) is 18.2 Å². The van der Waals surface area contributed by atoms with E-state index in [4.69, 9.17) is 10.5 Å². The van der Waals surface area contributed by atoms with Gasteiger partial charge in [-0.3, -0.25) is 4.79 Å². The number of hydrogen-bond donors (Lipinski definition) is 2. The van der Waals surface area contributed by atoms with Crippen LogP contribution in [0.2, 0.25) is 0 Å². The highest BCUT2D eigenvalue weighted by Gasteiger charge is 2.14. The number of alkyl halides is 2. The standard InChI is InChI=1S/C13H18F2N2O3.ClH/c1-8(16)5-6-17-12(18)9-3-4-10(20-13(14)15)11(7-9)19-2;/h3-4,7-8,13H,5-6,16H2,1-2H3,(H,17,18);1H. The van der Waals surface area contributed by atoms with Crippen LogP contribution < -0.4 is 20.5 Å². The smallest absolute Gasteiger partial charge is 0.387 e. The molecule has 0 aliphatic carbocycles. The quantitative estimate of drug-likeness (QED) is 0.806. The second-order valence-corrected chi connectivity index (χ2v) is 4.27. The van der Waals surface area contributed by atoms with Crippen molar-refractivity contribution in [2.75, 3.05) is 13.7 Å². The van der Waals surface area contributed by atoms with Crippen molar-refractivity contribution >= 4 is 18.3 Å². The van der Waals surface area contributed by atoms with E-state index in [-0.39, 0.29) is 35.9 Å². The fourth-order valence-electron chi connectivity index (χ4n) is 1.52. The topological polar surface area (TPSA) is 73.6 Å². The Bertz CT molecular complexity index is 459. The van der Waals surface area contributed by atoms with Crippen molar-refractivity contribution < 1.29 is 23.0 Å². The van der Waals surface area contributed by atoms with E-state index in [1.54, 1.807) is 0 Å². The van der Waals surface area contributed by atoms with Crippen molar-refractivity contribution in [2.45, 2.75) is 26.0 Å². The maximum atomic E-state index is 12.2. The average molecular weight is 325 g/mol. The Hall–Kier alpha value is -1.60. The second-order valence-electron chi connectivity index (χ2n) is 4.27. The van der Waals surface area contributed by atoms with Gasteiger partial charge in [-0.15, -0.1) is 12.4 Å². The number of carbonyl (C=O) groups excluding carboxylic acids is 1. The molecule has 8 heteroatoms. The Morgan fingerprint density at radius 1 is 1.38 bits per heavy atom. The van der Waals surface area contributed by atoms with Crippen LogP contribution in [0.4, 0.5) is 8.78 Å². The molecule has 0 aromatic heterocycles. The largest absolute Gasteiger partial charge is 0.493 e. The minimum Gasteiger partial charge on any atom is -0.493 e. The number of halogens is 3. The highest BCUT2D eigenvalue weighted by molar-refractivity contribution is 5.94. The molecule has 1 aromatic carbocycles. The van der Waals surface area contributed by atoms with Crippen molar-refractivity contribution in [3.05, 3.63) is 23.8 Å². The number of methoxy groups -OCH3 is 1. The van der Waals surface area contributed by atoms with Crippen LogP contribution in [0.3, 0.4) is 0 Å². The molecular formula is C13H19ClF2N2O3. The number of rotatable bonds is 7. The number of carbonyl (C=O) groups is 1. The van der Waals surface area contributed by atoms with E-state index < -0.39 is 6.61 Å². The van der Waals surface area contributed by atoms with Crippen molar-refractivity contribution in [3.8, 4) is 11.5 Å². The molecule has 1 unspecified atom stereocenters. The lowest BCUT2D eigenvalue weighted by Crippen LogP contribution is -2.28. The van der Waals surface area contributed by atoms with Crippen molar-refractivity contribution in [1.29, 1.82) is 0 Å². The first-order valence-electron chi connectivity index (χ1n) is 6.10. The van der Waals surface area contributed by atoms with Gasteiger partial charge in [-0.25, -0.2) is 0 Å². The van der Waals surface area contributed by atoms with Gasteiger partial charge in [0.25, 0.3) is 5.91 Å². The SMILES string of the molecule is COc1cc(C(=O)NCCC(C)N)ccc1OC(F)F.Cl. The molecule has 0 aliphatic rings. The molecule has 0 radical (unpaired) electrons. The monoisotopic (exact) mass is 324 g/mol. The lowest BCUT2D eigenvalue weighted by molar-refractivity contribution is -0.0512. The number of ether oxygens (including phenoxy) is 2. The zero-order chi connectivity index (χ0) is 15.1.